The molecule has 0 unspecified atom stereocenters. The lowest BCUT2D eigenvalue weighted by Crippen LogP contribution is -2.33. The molecule has 3 heteroatoms. The second kappa shape index (κ2) is 3.99. The lowest BCUT2D eigenvalue weighted by Gasteiger charge is -2.22. The maximum atomic E-state index is 8.99. The summed E-state index contributed by atoms with van der Waals surface area (Å²) in [4.78, 5) is 2.57. The van der Waals surface area contributed by atoms with Crippen LogP contribution in [0.2, 0.25) is 0 Å². The van der Waals surface area contributed by atoms with Crippen molar-refractivity contribution in [3.05, 3.63) is 0 Å². The van der Waals surface area contributed by atoms with Gasteiger partial charge in [0.2, 0.25) is 0 Å². The monoisotopic (exact) mass is 187 g/mol. The molecule has 2 rings (SSSR count). The molecule has 2 atom stereocenters. The molecule has 2 fully saturated rings. The molecule has 0 amide bonds. The smallest absolute Gasteiger partial charge is 0.0471 e. The van der Waals surface area contributed by atoms with Crippen molar-refractivity contribution in [1.82, 2.24) is 4.90 Å². The zero-order valence-corrected chi connectivity index (χ0v) is 8.22. The van der Waals surface area contributed by atoms with Crippen LogP contribution in [0.15, 0.2) is 0 Å². The van der Waals surface area contributed by atoms with Gasteiger partial charge in [-0.3, -0.25) is 4.90 Å². The van der Waals surface area contributed by atoms with Crippen molar-refractivity contribution in [1.29, 1.82) is 0 Å². The summed E-state index contributed by atoms with van der Waals surface area (Å²) in [6, 6.07) is 0.826. The molecule has 12 heavy (non-hydrogen) atoms. The van der Waals surface area contributed by atoms with Crippen molar-refractivity contribution in [2.75, 3.05) is 31.2 Å². The second-order valence-corrected chi connectivity index (χ2v) is 5.00. The van der Waals surface area contributed by atoms with Gasteiger partial charge in [-0.25, -0.2) is 0 Å². The first-order valence-electron chi connectivity index (χ1n) is 4.83. The van der Waals surface area contributed by atoms with E-state index in [2.05, 4.69) is 16.7 Å². The van der Waals surface area contributed by atoms with Crippen LogP contribution >= 0.6 is 11.8 Å². The highest BCUT2D eigenvalue weighted by atomic mass is 32.2. The van der Waals surface area contributed by atoms with E-state index in [-0.39, 0.29) is 0 Å². The van der Waals surface area contributed by atoms with E-state index in [1.807, 2.05) is 0 Å². The minimum atomic E-state index is 0.385. The molecule has 0 aromatic carbocycles. The predicted molar refractivity (Wildman–Crippen MR) is 52.5 cm³/mol. The van der Waals surface area contributed by atoms with Gasteiger partial charge < -0.3 is 5.11 Å². The molecule has 0 aliphatic carbocycles. The number of rotatable bonds is 2. The number of aliphatic hydroxyl groups excluding tert-OH is 1. The zero-order valence-electron chi connectivity index (χ0n) is 7.41. The Morgan fingerprint density at radius 1 is 1.42 bits per heavy atom. The first kappa shape index (κ1) is 8.85. The average molecular weight is 187 g/mol. The van der Waals surface area contributed by atoms with E-state index in [1.165, 1.54) is 30.9 Å². The molecule has 0 aromatic rings. The highest BCUT2D eigenvalue weighted by Gasteiger charge is 2.29. The minimum Gasteiger partial charge on any atom is -0.396 e. The van der Waals surface area contributed by atoms with Crippen LogP contribution in [0.1, 0.15) is 12.8 Å². The van der Waals surface area contributed by atoms with Gasteiger partial charge in [0.15, 0.2) is 0 Å². The number of likely N-dealkylation sites (tertiary alicyclic amines) is 1. The topological polar surface area (TPSA) is 23.5 Å². The largest absolute Gasteiger partial charge is 0.396 e. The van der Waals surface area contributed by atoms with E-state index in [4.69, 9.17) is 5.11 Å². The van der Waals surface area contributed by atoms with Crippen LogP contribution in [0.5, 0.6) is 0 Å². The minimum absolute atomic E-state index is 0.385. The number of nitrogens with zero attached hydrogens (tertiary/aromatic N) is 1. The lowest BCUT2D eigenvalue weighted by atomic mass is 10.1. The van der Waals surface area contributed by atoms with E-state index in [9.17, 15) is 0 Å². The number of hydrogen-bond acceptors (Lipinski definition) is 3. The Balaban J connectivity index is 1.81. The SMILES string of the molecule is OC[C@@H]1CCN([C@@H]2CCSC2)C1. The molecular formula is C9H17NOS. The summed E-state index contributed by atoms with van der Waals surface area (Å²) in [5.74, 6) is 3.22. The van der Waals surface area contributed by atoms with Crippen LogP contribution in [0.25, 0.3) is 0 Å². The van der Waals surface area contributed by atoms with Crippen molar-refractivity contribution < 1.29 is 5.11 Å². The van der Waals surface area contributed by atoms with Gasteiger partial charge in [0.25, 0.3) is 0 Å². The summed E-state index contributed by atoms with van der Waals surface area (Å²) in [7, 11) is 0. The molecule has 2 nitrogen and oxygen atoms in total. The van der Waals surface area contributed by atoms with E-state index in [0.717, 1.165) is 12.6 Å². The lowest BCUT2D eigenvalue weighted by molar-refractivity contribution is 0.205. The fraction of sp³-hybridized carbons (Fsp3) is 1.00. The van der Waals surface area contributed by atoms with Gasteiger partial charge in [-0.05, 0) is 31.1 Å². The zero-order chi connectivity index (χ0) is 8.39. The first-order valence-corrected chi connectivity index (χ1v) is 5.98. The summed E-state index contributed by atoms with van der Waals surface area (Å²) in [5.41, 5.74) is 0. The molecule has 70 valence electrons. The van der Waals surface area contributed by atoms with Gasteiger partial charge in [-0.15, -0.1) is 0 Å². The molecule has 2 saturated heterocycles. The van der Waals surface area contributed by atoms with E-state index < -0.39 is 0 Å². The average Bonchev–Trinajstić information content (AvgIpc) is 2.75. The summed E-state index contributed by atoms with van der Waals surface area (Å²) in [5, 5.41) is 8.99. The second-order valence-electron chi connectivity index (χ2n) is 3.85. The van der Waals surface area contributed by atoms with Crippen molar-refractivity contribution in [2.24, 2.45) is 5.92 Å². The standard InChI is InChI=1S/C9H17NOS/c11-6-8-1-3-10(5-8)9-2-4-12-7-9/h8-9,11H,1-7H2/t8-,9-/m1/s1. The van der Waals surface area contributed by atoms with Gasteiger partial charge in [-0.1, -0.05) is 0 Å². The Morgan fingerprint density at radius 3 is 2.92 bits per heavy atom. The Hall–Kier alpha value is 0.270. The molecule has 1 N–H and O–H groups in total. The van der Waals surface area contributed by atoms with Crippen LogP contribution in [-0.4, -0.2) is 47.3 Å². The third-order valence-electron chi connectivity index (χ3n) is 3.00. The molecule has 0 radical (unpaired) electrons. The van der Waals surface area contributed by atoms with Gasteiger partial charge in [0.1, 0.15) is 0 Å². The summed E-state index contributed by atoms with van der Waals surface area (Å²) < 4.78 is 0. The Morgan fingerprint density at radius 2 is 2.33 bits per heavy atom. The Kier molecular flexibility index (Phi) is 2.94. The number of thioether (sulfide) groups is 1. The van der Waals surface area contributed by atoms with Gasteiger partial charge in [0.05, 0.1) is 0 Å². The molecule has 0 spiro atoms. The summed E-state index contributed by atoms with van der Waals surface area (Å²) >= 11 is 2.07. The Bertz CT molecular complexity index is 147. The molecule has 0 saturated carbocycles. The van der Waals surface area contributed by atoms with Gasteiger partial charge >= 0.3 is 0 Å². The molecular weight excluding hydrogens is 170 g/mol. The van der Waals surface area contributed by atoms with Gasteiger partial charge in [-0.2, -0.15) is 11.8 Å². The molecule has 2 aliphatic rings. The summed E-state index contributed by atoms with van der Waals surface area (Å²) in [6.45, 7) is 2.74. The first-order chi connectivity index (χ1) is 5.90. The quantitative estimate of drug-likeness (QED) is 0.692. The van der Waals surface area contributed by atoms with E-state index >= 15 is 0 Å². The molecule has 0 bridgehead atoms. The van der Waals surface area contributed by atoms with Crippen molar-refractivity contribution in [3.8, 4) is 0 Å². The van der Waals surface area contributed by atoms with Crippen LogP contribution < -0.4 is 0 Å². The Labute approximate surface area is 78.3 Å². The predicted octanol–water partition coefficient (Wildman–Crippen LogP) is 0.806. The summed E-state index contributed by atoms with van der Waals surface area (Å²) in [6.07, 6.45) is 2.57. The number of aliphatic hydroxyl groups is 1. The van der Waals surface area contributed by atoms with Crippen LogP contribution in [0.4, 0.5) is 0 Å². The van der Waals surface area contributed by atoms with Crippen molar-refractivity contribution in [2.45, 2.75) is 18.9 Å². The highest BCUT2D eigenvalue weighted by molar-refractivity contribution is 7.99. The number of hydrogen-bond donors (Lipinski definition) is 1. The third-order valence-corrected chi connectivity index (χ3v) is 4.14. The highest BCUT2D eigenvalue weighted by Crippen LogP contribution is 2.27. The molecule has 0 aromatic heterocycles. The van der Waals surface area contributed by atoms with Crippen LogP contribution in [0, 0.1) is 5.92 Å². The van der Waals surface area contributed by atoms with E-state index in [0.29, 0.717) is 12.5 Å². The van der Waals surface area contributed by atoms with Crippen LogP contribution in [0.3, 0.4) is 0 Å². The van der Waals surface area contributed by atoms with Gasteiger partial charge in [0, 0.05) is 24.9 Å². The van der Waals surface area contributed by atoms with Crippen LogP contribution in [-0.2, 0) is 0 Å². The fourth-order valence-electron chi connectivity index (χ4n) is 2.15. The maximum absolute atomic E-state index is 8.99. The third kappa shape index (κ3) is 1.78. The normalized spacial score (nSPS) is 37.8. The molecule has 2 aliphatic heterocycles. The fourth-order valence-corrected chi connectivity index (χ4v) is 3.41. The van der Waals surface area contributed by atoms with Crippen molar-refractivity contribution in [3.63, 3.8) is 0 Å². The van der Waals surface area contributed by atoms with E-state index in [1.54, 1.807) is 0 Å². The molecule has 2 heterocycles. The van der Waals surface area contributed by atoms with Crippen molar-refractivity contribution >= 4 is 11.8 Å². The maximum Gasteiger partial charge on any atom is 0.0471 e.